The van der Waals surface area contributed by atoms with Crippen molar-refractivity contribution >= 4 is 11.8 Å². The average molecular weight is 328 g/mol. The molecule has 2 aliphatic rings. The maximum absolute atomic E-state index is 5.94. The number of aromatic nitrogens is 5. The van der Waals surface area contributed by atoms with Gasteiger partial charge in [-0.25, -0.2) is 4.98 Å². The molecule has 1 saturated carbocycles. The molecule has 0 aromatic carbocycles. The highest BCUT2D eigenvalue weighted by molar-refractivity contribution is 5.45. The van der Waals surface area contributed by atoms with E-state index >= 15 is 0 Å². The molecule has 2 aromatic heterocycles. The van der Waals surface area contributed by atoms with Crippen LogP contribution in [0, 0.1) is 0 Å². The van der Waals surface area contributed by atoms with Gasteiger partial charge in [-0.15, -0.1) is 10.2 Å². The zero-order chi connectivity index (χ0) is 16.7. The van der Waals surface area contributed by atoms with Gasteiger partial charge in [0.2, 0.25) is 5.95 Å². The molecule has 0 radical (unpaired) electrons. The fourth-order valence-electron chi connectivity index (χ4n) is 3.77. The zero-order valence-electron chi connectivity index (χ0n) is 14.0. The second-order valence-electron chi connectivity index (χ2n) is 7.00. The summed E-state index contributed by atoms with van der Waals surface area (Å²) in [6, 6.07) is 2.40. The third-order valence-electron chi connectivity index (χ3n) is 5.27. The summed E-state index contributed by atoms with van der Waals surface area (Å²) in [5.41, 5.74) is 12.9. The van der Waals surface area contributed by atoms with E-state index in [-0.39, 0.29) is 0 Å². The van der Waals surface area contributed by atoms with Gasteiger partial charge in [0.25, 0.3) is 0 Å². The molecule has 2 aromatic rings. The van der Waals surface area contributed by atoms with E-state index in [2.05, 4.69) is 31.1 Å². The topological polar surface area (TPSA) is 112 Å². The van der Waals surface area contributed by atoms with Gasteiger partial charge in [-0.05, 0) is 25.7 Å². The molecule has 1 saturated heterocycles. The first kappa shape index (κ1) is 15.3. The van der Waals surface area contributed by atoms with Crippen molar-refractivity contribution in [3.05, 3.63) is 23.9 Å². The van der Waals surface area contributed by atoms with E-state index in [1.54, 1.807) is 6.33 Å². The van der Waals surface area contributed by atoms with Crippen LogP contribution in [0.2, 0.25) is 0 Å². The van der Waals surface area contributed by atoms with E-state index in [4.69, 9.17) is 11.5 Å². The molecule has 4 rings (SSSR count). The van der Waals surface area contributed by atoms with Gasteiger partial charge in [-0.2, -0.15) is 4.98 Å². The highest BCUT2D eigenvalue weighted by Crippen LogP contribution is 2.36. The second-order valence-corrected chi connectivity index (χ2v) is 7.00. The molecule has 0 amide bonds. The Morgan fingerprint density at radius 2 is 1.88 bits per heavy atom. The van der Waals surface area contributed by atoms with Crippen LogP contribution in [0.3, 0.4) is 0 Å². The summed E-state index contributed by atoms with van der Waals surface area (Å²) in [5, 5.41) is 8.24. The SMILES string of the molecule is Cn1cnnc1C1CCN(c2cc(C3CC(N)C3)nc(N)n2)CC1. The number of aryl methyl sites for hydroxylation is 1. The zero-order valence-corrected chi connectivity index (χ0v) is 14.0. The molecule has 4 N–H and O–H groups in total. The number of nitrogens with zero attached hydrogens (tertiary/aromatic N) is 6. The van der Waals surface area contributed by atoms with Gasteiger partial charge in [0.15, 0.2) is 0 Å². The van der Waals surface area contributed by atoms with Crippen molar-refractivity contribution in [1.82, 2.24) is 24.7 Å². The molecule has 8 nitrogen and oxygen atoms in total. The first-order valence-corrected chi connectivity index (χ1v) is 8.59. The van der Waals surface area contributed by atoms with E-state index in [1.165, 1.54) is 0 Å². The van der Waals surface area contributed by atoms with Gasteiger partial charge >= 0.3 is 0 Å². The lowest BCUT2D eigenvalue weighted by Crippen LogP contribution is -2.36. The van der Waals surface area contributed by atoms with Crippen molar-refractivity contribution < 1.29 is 0 Å². The largest absolute Gasteiger partial charge is 0.368 e. The van der Waals surface area contributed by atoms with Crippen molar-refractivity contribution in [3.8, 4) is 0 Å². The van der Waals surface area contributed by atoms with Crippen LogP contribution in [0.15, 0.2) is 12.4 Å². The van der Waals surface area contributed by atoms with Gasteiger partial charge in [0.1, 0.15) is 18.0 Å². The van der Waals surface area contributed by atoms with Crippen molar-refractivity contribution in [2.24, 2.45) is 12.8 Å². The lowest BCUT2D eigenvalue weighted by molar-refractivity contribution is 0.345. The number of hydrogen-bond acceptors (Lipinski definition) is 7. The Hall–Kier alpha value is -2.22. The summed E-state index contributed by atoms with van der Waals surface area (Å²) in [6.45, 7) is 1.88. The number of hydrogen-bond donors (Lipinski definition) is 2. The quantitative estimate of drug-likeness (QED) is 0.856. The van der Waals surface area contributed by atoms with Crippen LogP contribution in [0.1, 0.15) is 49.0 Å². The minimum absolute atomic E-state index is 0.303. The molecule has 8 heteroatoms. The molecule has 0 unspecified atom stereocenters. The molecule has 0 spiro atoms. The summed E-state index contributed by atoms with van der Waals surface area (Å²) < 4.78 is 2.01. The monoisotopic (exact) mass is 328 g/mol. The number of rotatable bonds is 3. The first-order valence-electron chi connectivity index (χ1n) is 8.59. The minimum Gasteiger partial charge on any atom is -0.368 e. The third kappa shape index (κ3) is 2.82. The normalized spacial score (nSPS) is 24.8. The van der Waals surface area contributed by atoms with Crippen molar-refractivity contribution in [3.63, 3.8) is 0 Å². The third-order valence-corrected chi connectivity index (χ3v) is 5.27. The minimum atomic E-state index is 0.303. The fourth-order valence-corrected chi connectivity index (χ4v) is 3.77. The lowest BCUT2D eigenvalue weighted by Gasteiger charge is -2.34. The van der Waals surface area contributed by atoms with Crippen LogP contribution in [-0.2, 0) is 7.05 Å². The Bertz CT molecular complexity index is 713. The van der Waals surface area contributed by atoms with Crippen molar-refractivity contribution in [2.45, 2.75) is 43.6 Å². The predicted octanol–water partition coefficient (Wildman–Crippen LogP) is 0.776. The molecule has 0 bridgehead atoms. The standard InChI is InChI=1S/C16H24N8/c1-23-9-19-22-15(23)10-2-4-24(5-3-10)14-8-13(20-16(18)21-14)11-6-12(17)7-11/h8-12H,2-7,17H2,1H3,(H2,18,20,21). The van der Waals surface area contributed by atoms with Crippen LogP contribution < -0.4 is 16.4 Å². The predicted molar refractivity (Wildman–Crippen MR) is 91.6 cm³/mol. The number of nitrogen functional groups attached to an aromatic ring is 1. The van der Waals surface area contributed by atoms with Gasteiger partial charge in [-0.3, -0.25) is 0 Å². The molecule has 0 atom stereocenters. The summed E-state index contributed by atoms with van der Waals surface area (Å²) in [7, 11) is 2.00. The molecule has 2 fully saturated rings. The summed E-state index contributed by atoms with van der Waals surface area (Å²) >= 11 is 0. The molecular weight excluding hydrogens is 304 g/mol. The van der Waals surface area contributed by atoms with E-state index in [0.29, 0.717) is 23.8 Å². The summed E-state index contributed by atoms with van der Waals surface area (Å²) in [5.74, 6) is 3.26. The molecule has 24 heavy (non-hydrogen) atoms. The highest BCUT2D eigenvalue weighted by atomic mass is 15.3. The Balaban J connectivity index is 1.46. The Labute approximate surface area is 141 Å². The Kier molecular flexibility index (Phi) is 3.84. The fraction of sp³-hybridized carbons (Fsp3) is 0.625. The molecule has 1 aliphatic heterocycles. The number of nitrogens with two attached hydrogens (primary N) is 2. The van der Waals surface area contributed by atoms with E-state index in [1.807, 2.05) is 11.6 Å². The second kappa shape index (κ2) is 6.01. The van der Waals surface area contributed by atoms with Gasteiger partial charge < -0.3 is 20.9 Å². The van der Waals surface area contributed by atoms with Crippen LogP contribution in [0.25, 0.3) is 0 Å². The molecule has 128 valence electrons. The van der Waals surface area contributed by atoms with Crippen LogP contribution in [0.5, 0.6) is 0 Å². The van der Waals surface area contributed by atoms with Gasteiger partial charge in [0.05, 0.1) is 5.69 Å². The van der Waals surface area contributed by atoms with Crippen molar-refractivity contribution in [2.75, 3.05) is 23.7 Å². The van der Waals surface area contributed by atoms with Crippen LogP contribution in [0.4, 0.5) is 11.8 Å². The maximum Gasteiger partial charge on any atom is 0.222 e. The first-order chi connectivity index (χ1) is 11.6. The van der Waals surface area contributed by atoms with E-state index < -0.39 is 0 Å². The van der Waals surface area contributed by atoms with Crippen LogP contribution >= 0.6 is 0 Å². The average Bonchev–Trinajstić information content (AvgIpc) is 2.97. The molecule has 1 aliphatic carbocycles. The lowest BCUT2D eigenvalue weighted by atomic mass is 9.78. The molecular formula is C16H24N8. The Morgan fingerprint density at radius 3 is 2.50 bits per heavy atom. The number of anilines is 2. The van der Waals surface area contributed by atoms with Crippen molar-refractivity contribution in [1.29, 1.82) is 0 Å². The number of piperidine rings is 1. The van der Waals surface area contributed by atoms with Gasteiger partial charge in [0, 0.05) is 44.1 Å². The van der Waals surface area contributed by atoms with E-state index in [0.717, 1.165) is 56.1 Å². The maximum atomic E-state index is 5.94. The highest BCUT2D eigenvalue weighted by Gasteiger charge is 2.30. The van der Waals surface area contributed by atoms with E-state index in [9.17, 15) is 0 Å². The molecule has 3 heterocycles. The van der Waals surface area contributed by atoms with Gasteiger partial charge in [-0.1, -0.05) is 0 Å². The summed E-state index contributed by atoms with van der Waals surface area (Å²) in [6.07, 6.45) is 5.83. The van der Waals surface area contributed by atoms with Crippen LogP contribution in [-0.4, -0.2) is 43.9 Å². The summed E-state index contributed by atoms with van der Waals surface area (Å²) in [4.78, 5) is 11.2. The Morgan fingerprint density at radius 1 is 1.12 bits per heavy atom. The smallest absolute Gasteiger partial charge is 0.222 e.